The summed E-state index contributed by atoms with van der Waals surface area (Å²) in [4.78, 5) is 12.4. The van der Waals surface area contributed by atoms with Crippen LogP contribution in [0.15, 0.2) is 48.5 Å². The predicted octanol–water partition coefficient (Wildman–Crippen LogP) is 4.57. The van der Waals surface area contributed by atoms with Gasteiger partial charge >= 0.3 is 5.97 Å². The lowest BCUT2D eigenvalue weighted by atomic mass is 9.89. The highest BCUT2D eigenvalue weighted by Crippen LogP contribution is 2.48. The first-order chi connectivity index (χ1) is 11.7. The van der Waals surface area contributed by atoms with E-state index >= 15 is 0 Å². The molecule has 0 heterocycles. The fourth-order valence-corrected chi connectivity index (χ4v) is 4.18. The topological polar surface area (TPSA) is 50.1 Å². The third-order valence-electron chi connectivity index (χ3n) is 5.46. The van der Waals surface area contributed by atoms with Crippen LogP contribution in [0, 0.1) is 29.1 Å². The van der Waals surface area contributed by atoms with Gasteiger partial charge in [-0.2, -0.15) is 5.26 Å². The summed E-state index contributed by atoms with van der Waals surface area (Å²) in [7, 11) is 0. The van der Waals surface area contributed by atoms with Gasteiger partial charge in [0.2, 0.25) is 0 Å². The Morgan fingerprint density at radius 3 is 2.17 bits per heavy atom. The van der Waals surface area contributed by atoms with Crippen molar-refractivity contribution in [3.8, 4) is 22.9 Å². The van der Waals surface area contributed by atoms with Gasteiger partial charge in [0, 0.05) is 0 Å². The Hall–Kier alpha value is -2.60. The maximum Gasteiger partial charge on any atom is 0.314 e. The van der Waals surface area contributed by atoms with Gasteiger partial charge in [0.05, 0.1) is 17.6 Å². The van der Waals surface area contributed by atoms with Crippen molar-refractivity contribution < 1.29 is 9.53 Å². The summed E-state index contributed by atoms with van der Waals surface area (Å²) in [6.07, 6.45) is 4.68. The molecular weight excluding hydrogens is 298 g/mol. The summed E-state index contributed by atoms with van der Waals surface area (Å²) in [6.45, 7) is 0. The molecule has 3 unspecified atom stereocenters. The Bertz CT molecular complexity index is 786. The highest BCUT2D eigenvalue weighted by atomic mass is 16.5. The number of carbonyl (C=O) groups excluding carboxylic acids is 1. The second kappa shape index (κ2) is 6.13. The molecule has 2 aromatic carbocycles. The molecule has 24 heavy (non-hydrogen) atoms. The van der Waals surface area contributed by atoms with E-state index in [1.165, 1.54) is 19.3 Å². The van der Waals surface area contributed by atoms with Gasteiger partial charge in [-0.25, -0.2) is 0 Å². The normalized spacial score (nSPS) is 24.5. The fourth-order valence-electron chi connectivity index (χ4n) is 4.18. The van der Waals surface area contributed by atoms with E-state index in [0.717, 1.165) is 23.5 Å². The average molecular weight is 317 g/mol. The number of carbonyl (C=O) groups is 1. The van der Waals surface area contributed by atoms with Crippen molar-refractivity contribution >= 4 is 5.97 Å². The zero-order valence-electron chi connectivity index (χ0n) is 13.4. The number of esters is 1. The maximum atomic E-state index is 12.4. The number of hydrogen-bond donors (Lipinski definition) is 0. The number of nitriles is 1. The molecule has 120 valence electrons. The van der Waals surface area contributed by atoms with Gasteiger partial charge in [-0.05, 0) is 66.5 Å². The third kappa shape index (κ3) is 2.80. The molecule has 2 aromatic rings. The van der Waals surface area contributed by atoms with Crippen molar-refractivity contribution in [1.29, 1.82) is 5.26 Å². The minimum Gasteiger partial charge on any atom is -0.426 e. The second-order valence-corrected chi connectivity index (χ2v) is 6.92. The van der Waals surface area contributed by atoms with Crippen LogP contribution in [0.25, 0.3) is 11.1 Å². The number of ether oxygens (including phenoxy) is 1. The summed E-state index contributed by atoms with van der Waals surface area (Å²) in [5.74, 6) is 1.93. The smallest absolute Gasteiger partial charge is 0.314 e. The second-order valence-electron chi connectivity index (χ2n) is 6.92. The molecule has 4 rings (SSSR count). The number of benzene rings is 2. The lowest BCUT2D eigenvalue weighted by Crippen LogP contribution is -2.25. The van der Waals surface area contributed by atoms with E-state index in [1.54, 1.807) is 12.1 Å². The molecule has 2 aliphatic carbocycles. The summed E-state index contributed by atoms with van der Waals surface area (Å²) >= 11 is 0. The van der Waals surface area contributed by atoms with Gasteiger partial charge < -0.3 is 4.74 Å². The number of hydrogen-bond acceptors (Lipinski definition) is 3. The van der Waals surface area contributed by atoms with Gasteiger partial charge in [0.1, 0.15) is 5.75 Å². The lowest BCUT2D eigenvalue weighted by Gasteiger charge is -2.19. The summed E-state index contributed by atoms with van der Waals surface area (Å²) in [5.41, 5.74) is 2.73. The standard InChI is InChI=1S/C21H19NO2/c22-13-14-1-4-16(5-2-14)17-7-9-19(10-8-17)24-21(23)20-12-15-3-6-18(20)11-15/h1-2,4-5,7-10,15,18,20H,3,6,11-12H2. The van der Waals surface area contributed by atoms with Crippen LogP contribution in [-0.2, 0) is 4.79 Å². The van der Waals surface area contributed by atoms with Crippen molar-refractivity contribution in [3.63, 3.8) is 0 Å². The molecule has 0 aliphatic heterocycles. The van der Waals surface area contributed by atoms with Gasteiger partial charge in [-0.1, -0.05) is 30.7 Å². The van der Waals surface area contributed by atoms with Crippen LogP contribution in [0.1, 0.15) is 31.2 Å². The highest BCUT2D eigenvalue weighted by Gasteiger charge is 2.44. The molecule has 0 saturated heterocycles. The first-order valence-electron chi connectivity index (χ1n) is 8.55. The van der Waals surface area contributed by atoms with E-state index in [-0.39, 0.29) is 11.9 Å². The minimum atomic E-state index is -0.0617. The van der Waals surface area contributed by atoms with Gasteiger partial charge in [0.15, 0.2) is 0 Å². The van der Waals surface area contributed by atoms with E-state index in [2.05, 4.69) is 6.07 Å². The molecule has 0 aromatic heterocycles. The van der Waals surface area contributed by atoms with Crippen LogP contribution in [0.5, 0.6) is 5.75 Å². The predicted molar refractivity (Wildman–Crippen MR) is 91.2 cm³/mol. The first-order valence-corrected chi connectivity index (χ1v) is 8.55. The number of rotatable bonds is 3. The Kier molecular flexibility index (Phi) is 3.82. The molecule has 2 saturated carbocycles. The molecule has 0 spiro atoms. The zero-order chi connectivity index (χ0) is 16.5. The monoisotopic (exact) mass is 317 g/mol. The maximum absolute atomic E-state index is 12.4. The van der Waals surface area contributed by atoms with Gasteiger partial charge in [-0.3, -0.25) is 4.79 Å². The van der Waals surface area contributed by atoms with Crippen LogP contribution >= 0.6 is 0 Å². The van der Waals surface area contributed by atoms with Crippen LogP contribution in [0.3, 0.4) is 0 Å². The number of nitrogens with zero attached hydrogens (tertiary/aromatic N) is 1. The average Bonchev–Trinajstić information content (AvgIpc) is 3.26. The van der Waals surface area contributed by atoms with Gasteiger partial charge in [-0.15, -0.1) is 0 Å². The van der Waals surface area contributed by atoms with Crippen molar-refractivity contribution in [3.05, 3.63) is 54.1 Å². The van der Waals surface area contributed by atoms with Crippen LogP contribution in [-0.4, -0.2) is 5.97 Å². The fraction of sp³-hybridized carbons (Fsp3) is 0.333. The van der Waals surface area contributed by atoms with Crippen LogP contribution in [0.2, 0.25) is 0 Å². The Labute approximate surface area is 141 Å². The molecular formula is C21H19NO2. The minimum absolute atomic E-state index is 0.0617. The van der Waals surface area contributed by atoms with E-state index < -0.39 is 0 Å². The molecule has 0 amide bonds. The lowest BCUT2D eigenvalue weighted by molar-refractivity contribution is -0.140. The third-order valence-corrected chi connectivity index (χ3v) is 5.46. The first kappa shape index (κ1) is 15.0. The Morgan fingerprint density at radius 1 is 0.958 bits per heavy atom. The number of fused-ring (bicyclic) bond motifs is 2. The van der Waals surface area contributed by atoms with Crippen molar-refractivity contribution in [2.45, 2.75) is 25.7 Å². The highest BCUT2D eigenvalue weighted by molar-refractivity contribution is 5.76. The van der Waals surface area contributed by atoms with Crippen LogP contribution < -0.4 is 4.74 Å². The summed E-state index contributed by atoms with van der Waals surface area (Å²) in [6, 6.07) is 17.2. The van der Waals surface area contributed by atoms with E-state index in [9.17, 15) is 4.79 Å². The Morgan fingerprint density at radius 2 is 1.62 bits per heavy atom. The molecule has 0 radical (unpaired) electrons. The molecule has 2 aliphatic rings. The largest absolute Gasteiger partial charge is 0.426 e. The van der Waals surface area contributed by atoms with Crippen molar-refractivity contribution in [2.24, 2.45) is 17.8 Å². The van der Waals surface area contributed by atoms with Crippen molar-refractivity contribution in [1.82, 2.24) is 0 Å². The zero-order valence-corrected chi connectivity index (χ0v) is 13.4. The van der Waals surface area contributed by atoms with Gasteiger partial charge in [0.25, 0.3) is 0 Å². The van der Waals surface area contributed by atoms with E-state index in [1.807, 2.05) is 36.4 Å². The van der Waals surface area contributed by atoms with Crippen LogP contribution in [0.4, 0.5) is 0 Å². The van der Waals surface area contributed by atoms with Crippen molar-refractivity contribution in [2.75, 3.05) is 0 Å². The molecule has 2 fully saturated rings. The SMILES string of the molecule is N#Cc1ccc(-c2ccc(OC(=O)C3CC4CCC3C4)cc2)cc1. The Balaban J connectivity index is 1.44. The quantitative estimate of drug-likeness (QED) is 0.615. The summed E-state index contributed by atoms with van der Waals surface area (Å²) in [5, 5.41) is 8.85. The molecule has 3 atom stereocenters. The van der Waals surface area contributed by atoms with E-state index in [0.29, 0.717) is 17.2 Å². The molecule has 3 heteroatoms. The molecule has 2 bridgehead atoms. The molecule has 0 N–H and O–H groups in total. The molecule has 3 nitrogen and oxygen atoms in total. The van der Waals surface area contributed by atoms with E-state index in [4.69, 9.17) is 10.00 Å². The summed E-state index contributed by atoms with van der Waals surface area (Å²) < 4.78 is 5.60.